The fourth-order valence-corrected chi connectivity index (χ4v) is 3.92. The van der Waals surface area contributed by atoms with Crippen LogP contribution < -0.4 is 24.8 Å². The topological polar surface area (TPSA) is 85.9 Å². The van der Waals surface area contributed by atoms with Gasteiger partial charge in [0.1, 0.15) is 17.2 Å². The van der Waals surface area contributed by atoms with E-state index in [0.29, 0.717) is 39.2 Å². The van der Waals surface area contributed by atoms with E-state index < -0.39 is 0 Å². The summed E-state index contributed by atoms with van der Waals surface area (Å²) in [5.74, 6) is 1.17. The van der Waals surface area contributed by atoms with Crippen LogP contribution in [0.2, 0.25) is 5.02 Å². The third-order valence-corrected chi connectivity index (χ3v) is 5.83. The lowest BCUT2D eigenvalue weighted by atomic mass is 10.2. The highest BCUT2D eigenvalue weighted by Gasteiger charge is 2.13. The van der Waals surface area contributed by atoms with Crippen molar-refractivity contribution < 1.29 is 23.8 Å². The summed E-state index contributed by atoms with van der Waals surface area (Å²) in [6.45, 7) is 0. The van der Waals surface area contributed by atoms with Gasteiger partial charge in [0.2, 0.25) is 5.91 Å². The standard InChI is InChI=1S/C24H23ClN2O5S/c1-30-17-8-4-6-15(10-17)24(29)26-16-7-5-9-18(11-16)33-14-23(28)27-20-12-19(25)21(31-2)13-22(20)32-3/h4-13H,14H2,1-3H3,(H,26,29)(H,27,28). The Bertz CT molecular complexity index is 1160. The van der Waals surface area contributed by atoms with Crippen LogP contribution in [0.3, 0.4) is 0 Å². The second-order valence-electron chi connectivity index (χ2n) is 6.74. The van der Waals surface area contributed by atoms with Crippen LogP contribution >= 0.6 is 23.4 Å². The number of halogens is 1. The van der Waals surface area contributed by atoms with Crippen molar-refractivity contribution in [1.29, 1.82) is 0 Å². The van der Waals surface area contributed by atoms with Crippen LogP contribution in [-0.4, -0.2) is 38.9 Å². The Balaban J connectivity index is 1.61. The molecule has 0 spiro atoms. The van der Waals surface area contributed by atoms with Gasteiger partial charge in [0.05, 0.1) is 37.8 Å². The van der Waals surface area contributed by atoms with Crippen LogP contribution in [0.25, 0.3) is 0 Å². The van der Waals surface area contributed by atoms with E-state index in [4.69, 9.17) is 25.8 Å². The van der Waals surface area contributed by atoms with E-state index in [1.54, 1.807) is 55.6 Å². The van der Waals surface area contributed by atoms with Gasteiger partial charge in [-0.15, -0.1) is 11.8 Å². The third kappa shape index (κ3) is 6.57. The molecule has 0 unspecified atom stereocenters. The Morgan fingerprint density at radius 2 is 1.64 bits per heavy atom. The quantitative estimate of drug-likeness (QED) is 0.396. The Kier molecular flexibility index (Phi) is 8.46. The molecule has 0 atom stereocenters. The summed E-state index contributed by atoms with van der Waals surface area (Å²) in [6.07, 6.45) is 0. The summed E-state index contributed by atoms with van der Waals surface area (Å²) in [4.78, 5) is 25.8. The third-order valence-electron chi connectivity index (χ3n) is 4.54. The zero-order chi connectivity index (χ0) is 23.8. The number of amides is 2. The van der Waals surface area contributed by atoms with E-state index in [9.17, 15) is 9.59 Å². The molecule has 3 aromatic carbocycles. The number of anilines is 2. The number of hydrogen-bond donors (Lipinski definition) is 2. The molecular weight excluding hydrogens is 464 g/mol. The SMILES string of the molecule is COc1cccc(C(=O)Nc2cccc(SCC(=O)Nc3cc(Cl)c(OC)cc3OC)c2)c1. The summed E-state index contributed by atoms with van der Waals surface area (Å²) in [7, 11) is 4.55. The first-order valence-electron chi connectivity index (χ1n) is 9.83. The maximum absolute atomic E-state index is 12.5. The Morgan fingerprint density at radius 1 is 0.879 bits per heavy atom. The minimum atomic E-state index is -0.253. The van der Waals surface area contributed by atoms with Crippen molar-refractivity contribution in [3.63, 3.8) is 0 Å². The van der Waals surface area contributed by atoms with Gasteiger partial charge in [-0.25, -0.2) is 0 Å². The number of nitrogens with one attached hydrogen (secondary N) is 2. The molecule has 0 aliphatic carbocycles. The number of benzene rings is 3. The van der Waals surface area contributed by atoms with Crippen molar-refractivity contribution in [2.75, 3.05) is 37.7 Å². The normalized spacial score (nSPS) is 10.3. The van der Waals surface area contributed by atoms with E-state index in [1.807, 2.05) is 12.1 Å². The highest BCUT2D eigenvalue weighted by molar-refractivity contribution is 8.00. The minimum absolute atomic E-state index is 0.153. The van der Waals surface area contributed by atoms with E-state index in [-0.39, 0.29) is 17.6 Å². The summed E-state index contributed by atoms with van der Waals surface area (Å²) in [6, 6.07) is 17.4. The summed E-state index contributed by atoms with van der Waals surface area (Å²) in [5.41, 5.74) is 1.56. The van der Waals surface area contributed by atoms with Crippen LogP contribution in [0.4, 0.5) is 11.4 Å². The monoisotopic (exact) mass is 486 g/mol. The number of carbonyl (C=O) groups excluding carboxylic acids is 2. The van der Waals surface area contributed by atoms with Crippen LogP contribution in [0.15, 0.2) is 65.6 Å². The van der Waals surface area contributed by atoms with Crippen LogP contribution in [0.1, 0.15) is 10.4 Å². The first-order valence-corrected chi connectivity index (χ1v) is 11.2. The first-order chi connectivity index (χ1) is 15.9. The number of ether oxygens (including phenoxy) is 3. The second-order valence-corrected chi connectivity index (χ2v) is 8.19. The molecule has 9 heteroatoms. The van der Waals surface area contributed by atoms with Gasteiger partial charge in [0, 0.05) is 22.2 Å². The van der Waals surface area contributed by atoms with E-state index in [2.05, 4.69) is 10.6 Å². The molecule has 0 radical (unpaired) electrons. The van der Waals surface area contributed by atoms with Crippen molar-refractivity contribution in [3.05, 3.63) is 71.2 Å². The largest absolute Gasteiger partial charge is 0.497 e. The lowest BCUT2D eigenvalue weighted by Crippen LogP contribution is -2.15. The van der Waals surface area contributed by atoms with Gasteiger partial charge in [-0.2, -0.15) is 0 Å². The number of methoxy groups -OCH3 is 3. The highest BCUT2D eigenvalue weighted by atomic mass is 35.5. The van der Waals surface area contributed by atoms with Crippen molar-refractivity contribution in [1.82, 2.24) is 0 Å². The van der Waals surface area contributed by atoms with E-state index >= 15 is 0 Å². The van der Waals surface area contributed by atoms with Crippen LogP contribution in [-0.2, 0) is 4.79 Å². The maximum Gasteiger partial charge on any atom is 0.255 e. The first kappa shape index (κ1) is 24.3. The Morgan fingerprint density at radius 3 is 2.36 bits per heavy atom. The molecular formula is C24H23ClN2O5S. The average Bonchev–Trinajstić information content (AvgIpc) is 2.83. The lowest BCUT2D eigenvalue weighted by Gasteiger charge is -2.13. The molecule has 0 aromatic heterocycles. The predicted octanol–water partition coefficient (Wildman–Crippen LogP) is 5.35. The van der Waals surface area contributed by atoms with Gasteiger partial charge < -0.3 is 24.8 Å². The molecule has 0 saturated heterocycles. The Hall–Kier alpha value is -3.36. The molecule has 0 fully saturated rings. The molecule has 2 N–H and O–H groups in total. The fraction of sp³-hybridized carbons (Fsp3) is 0.167. The molecule has 0 bridgehead atoms. The number of rotatable bonds is 9. The van der Waals surface area contributed by atoms with Gasteiger partial charge in [-0.3, -0.25) is 9.59 Å². The molecule has 3 aromatic rings. The zero-order valence-electron chi connectivity index (χ0n) is 18.3. The molecule has 33 heavy (non-hydrogen) atoms. The van der Waals surface area contributed by atoms with Gasteiger partial charge in [0.25, 0.3) is 5.91 Å². The number of carbonyl (C=O) groups is 2. The molecule has 0 aliphatic heterocycles. The number of thioether (sulfide) groups is 1. The highest BCUT2D eigenvalue weighted by Crippen LogP contribution is 2.36. The summed E-state index contributed by atoms with van der Waals surface area (Å²) in [5, 5.41) is 6.02. The second kappa shape index (κ2) is 11.5. The van der Waals surface area contributed by atoms with Gasteiger partial charge in [-0.05, 0) is 42.5 Å². The zero-order valence-corrected chi connectivity index (χ0v) is 19.9. The predicted molar refractivity (Wildman–Crippen MR) is 131 cm³/mol. The molecule has 0 saturated carbocycles. The summed E-state index contributed by atoms with van der Waals surface area (Å²) < 4.78 is 15.6. The minimum Gasteiger partial charge on any atom is -0.497 e. The van der Waals surface area contributed by atoms with Crippen LogP contribution in [0, 0.1) is 0 Å². The van der Waals surface area contributed by atoms with Crippen molar-refractivity contribution in [2.24, 2.45) is 0 Å². The molecule has 3 rings (SSSR count). The molecule has 2 amide bonds. The molecule has 7 nitrogen and oxygen atoms in total. The van der Waals surface area contributed by atoms with Crippen molar-refractivity contribution in [3.8, 4) is 17.2 Å². The number of hydrogen-bond acceptors (Lipinski definition) is 6. The van der Waals surface area contributed by atoms with Gasteiger partial charge >= 0.3 is 0 Å². The Labute approximate surface area is 201 Å². The van der Waals surface area contributed by atoms with Gasteiger partial charge in [0.15, 0.2) is 0 Å². The van der Waals surface area contributed by atoms with E-state index in [0.717, 1.165) is 4.90 Å². The molecule has 0 heterocycles. The lowest BCUT2D eigenvalue weighted by molar-refractivity contribution is -0.113. The van der Waals surface area contributed by atoms with Crippen molar-refractivity contribution in [2.45, 2.75) is 4.90 Å². The van der Waals surface area contributed by atoms with Crippen molar-refractivity contribution >= 4 is 46.6 Å². The fourth-order valence-electron chi connectivity index (χ4n) is 2.92. The smallest absolute Gasteiger partial charge is 0.255 e. The molecule has 172 valence electrons. The summed E-state index contributed by atoms with van der Waals surface area (Å²) >= 11 is 7.49. The maximum atomic E-state index is 12.5. The molecule has 0 aliphatic rings. The average molecular weight is 487 g/mol. The van der Waals surface area contributed by atoms with Gasteiger partial charge in [-0.1, -0.05) is 23.7 Å². The van der Waals surface area contributed by atoms with Crippen LogP contribution in [0.5, 0.6) is 17.2 Å². The van der Waals surface area contributed by atoms with E-state index in [1.165, 1.54) is 26.0 Å².